The van der Waals surface area contributed by atoms with Crippen LogP contribution in [0.3, 0.4) is 0 Å². The lowest BCUT2D eigenvalue weighted by molar-refractivity contribution is 0.236. The number of unbranched alkanes of at least 4 members (excludes halogenated alkanes) is 1. The molecule has 0 heterocycles. The lowest BCUT2D eigenvalue weighted by Crippen LogP contribution is -2.30. The van der Waals surface area contributed by atoms with Gasteiger partial charge in [-0.15, -0.1) is 0 Å². The SMILES string of the molecule is CCCCNCC(C)(C)CCCO. The van der Waals surface area contributed by atoms with Gasteiger partial charge in [0.05, 0.1) is 0 Å². The second kappa shape index (κ2) is 7.34. The van der Waals surface area contributed by atoms with E-state index < -0.39 is 0 Å². The summed E-state index contributed by atoms with van der Waals surface area (Å²) < 4.78 is 0. The fraction of sp³-hybridized carbons (Fsp3) is 1.00. The Balaban J connectivity index is 3.39. The molecule has 0 saturated carbocycles. The Labute approximate surface area is 82.7 Å². The predicted molar refractivity (Wildman–Crippen MR) is 57.9 cm³/mol. The fourth-order valence-electron chi connectivity index (χ4n) is 1.37. The summed E-state index contributed by atoms with van der Waals surface area (Å²) in [6, 6.07) is 0. The number of rotatable bonds is 8. The van der Waals surface area contributed by atoms with E-state index in [0.29, 0.717) is 12.0 Å². The summed E-state index contributed by atoms with van der Waals surface area (Å²) in [5, 5.41) is 12.2. The first-order chi connectivity index (χ1) is 6.12. The molecule has 0 spiro atoms. The summed E-state index contributed by atoms with van der Waals surface area (Å²) in [5.41, 5.74) is 0.330. The second-order valence-electron chi connectivity index (χ2n) is 4.52. The molecule has 0 aromatic carbocycles. The fourth-order valence-corrected chi connectivity index (χ4v) is 1.37. The number of nitrogens with one attached hydrogen (secondary N) is 1. The van der Waals surface area contributed by atoms with Crippen molar-refractivity contribution in [3.8, 4) is 0 Å². The maximum atomic E-state index is 8.72. The standard InChI is InChI=1S/C11H25NO/c1-4-5-8-12-10-11(2,3)7-6-9-13/h12-13H,4-10H2,1-3H3. The molecule has 80 valence electrons. The van der Waals surface area contributed by atoms with Crippen LogP contribution in [0.2, 0.25) is 0 Å². The van der Waals surface area contributed by atoms with Gasteiger partial charge in [0.1, 0.15) is 0 Å². The van der Waals surface area contributed by atoms with E-state index in [9.17, 15) is 0 Å². The molecule has 0 aromatic heterocycles. The maximum absolute atomic E-state index is 8.72. The van der Waals surface area contributed by atoms with Crippen molar-refractivity contribution in [2.45, 2.75) is 46.5 Å². The topological polar surface area (TPSA) is 32.3 Å². The summed E-state index contributed by atoms with van der Waals surface area (Å²) in [5.74, 6) is 0. The van der Waals surface area contributed by atoms with Crippen LogP contribution in [0.25, 0.3) is 0 Å². The maximum Gasteiger partial charge on any atom is 0.0431 e. The monoisotopic (exact) mass is 187 g/mol. The average Bonchev–Trinajstić information content (AvgIpc) is 2.09. The van der Waals surface area contributed by atoms with Gasteiger partial charge >= 0.3 is 0 Å². The molecule has 0 bridgehead atoms. The first-order valence-corrected chi connectivity index (χ1v) is 5.44. The molecule has 0 radical (unpaired) electrons. The van der Waals surface area contributed by atoms with Gasteiger partial charge in [-0.05, 0) is 31.2 Å². The van der Waals surface area contributed by atoms with Crippen molar-refractivity contribution in [3.05, 3.63) is 0 Å². The van der Waals surface area contributed by atoms with Crippen molar-refractivity contribution in [3.63, 3.8) is 0 Å². The highest BCUT2D eigenvalue weighted by molar-refractivity contribution is 4.71. The van der Waals surface area contributed by atoms with Gasteiger partial charge in [-0.3, -0.25) is 0 Å². The number of aliphatic hydroxyl groups excluding tert-OH is 1. The van der Waals surface area contributed by atoms with E-state index in [0.717, 1.165) is 25.9 Å². The lowest BCUT2D eigenvalue weighted by Gasteiger charge is -2.24. The third kappa shape index (κ3) is 8.26. The smallest absolute Gasteiger partial charge is 0.0431 e. The summed E-state index contributed by atoms with van der Waals surface area (Å²) >= 11 is 0. The Morgan fingerprint density at radius 1 is 1.23 bits per heavy atom. The van der Waals surface area contributed by atoms with Crippen LogP contribution in [0.1, 0.15) is 46.5 Å². The zero-order valence-electron chi connectivity index (χ0n) is 9.40. The largest absolute Gasteiger partial charge is 0.396 e. The summed E-state index contributed by atoms with van der Waals surface area (Å²) in [4.78, 5) is 0. The van der Waals surface area contributed by atoms with Gasteiger partial charge in [-0.25, -0.2) is 0 Å². The third-order valence-corrected chi connectivity index (χ3v) is 2.32. The normalized spacial score (nSPS) is 12.0. The van der Waals surface area contributed by atoms with E-state index in [1.54, 1.807) is 0 Å². The number of aliphatic hydroxyl groups is 1. The van der Waals surface area contributed by atoms with Crippen LogP contribution >= 0.6 is 0 Å². The number of hydrogen-bond donors (Lipinski definition) is 2. The predicted octanol–water partition coefficient (Wildman–Crippen LogP) is 2.17. The zero-order chi connectivity index (χ0) is 10.2. The lowest BCUT2D eigenvalue weighted by atomic mass is 9.88. The van der Waals surface area contributed by atoms with Crippen molar-refractivity contribution >= 4 is 0 Å². The van der Waals surface area contributed by atoms with E-state index in [-0.39, 0.29) is 0 Å². The minimum Gasteiger partial charge on any atom is -0.396 e. The van der Waals surface area contributed by atoms with Gasteiger partial charge in [-0.2, -0.15) is 0 Å². The van der Waals surface area contributed by atoms with Gasteiger partial charge in [0.15, 0.2) is 0 Å². The molecule has 0 amide bonds. The average molecular weight is 187 g/mol. The molecule has 0 aliphatic carbocycles. The highest BCUT2D eigenvalue weighted by atomic mass is 16.2. The summed E-state index contributed by atoms with van der Waals surface area (Å²) in [7, 11) is 0. The van der Waals surface area contributed by atoms with E-state index in [1.165, 1.54) is 12.8 Å². The van der Waals surface area contributed by atoms with Gasteiger partial charge in [0.2, 0.25) is 0 Å². The highest BCUT2D eigenvalue weighted by Gasteiger charge is 2.15. The molecular formula is C11H25NO. The molecule has 0 saturated heterocycles. The minimum absolute atomic E-state index is 0.318. The van der Waals surface area contributed by atoms with Crippen LogP contribution in [0.5, 0.6) is 0 Å². The summed E-state index contributed by atoms with van der Waals surface area (Å²) in [6.07, 6.45) is 4.53. The van der Waals surface area contributed by atoms with Crippen LogP contribution in [0.4, 0.5) is 0 Å². The Morgan fingerprint density at radius 3 is 2.46 bits per heavy atom. The van der Waals surface area contributed by atoms with Gasteiger partial charge < -0.3 is 10.4 Å². The Bertz CT molecular complexity index is 113. The van der Waals surface area contributed by atoms with Crippen molar-refractivity contribution in [2.75, 3.05) is 19.7 Å². The van der Waals surface area contributed by atoms with Crippen LogP contribution < -0.4 is 5.32 Å². The quantitative estimate of drug-likeness (QED) is 0.571. The Morgan fingerprint density at radius 2 is 1.92 bits per heavy atom. The molecule has 0 atom stereocenters. The molecule has 2 nitrogen and oxygen atoms in total. The molecule has 0 aromatic rings. The molecule has 2 heteroatoms. The molecule has 0 fully saturated rings. The molecule has 0 aliphatic rings. The third-order valence-electron chi connectivity index (χ3n) is 2.32. The van der Waals surface area contributed by atoms with Crippen molar-refractivity contribution in [1.29, 1.82) is 0 Å². The van der Waals surface area contributed by atoms with Crippen molar-refractivity contribution < 1.29 is 5.11 Å². The molecule has 0 aliphatic heterocycles. The highest BCUT2D eigenvalue weighted by Crippen LogP contribution is 2.20. The van der Waals surface area contributed by atoms with Crippen LogP contribution in [0.15, 0.2) is 0 Å². The molecular weight excluding hydrogens is 162 g/mol. The molecule has 13 heavy (non-hydrogen) atoms. The van der Waals surface area contributed by atoms with Gasteiger partial charge in [0.25, 0.3) is 0 Å². The first-order valence-electron chi connectivity index (χ1n) is 5.44. The van der Waals surface area contributed by atoms with Crippen LogP contribution in [-0.4, -0.2) is 24.8 Å². The molecule has 2 N–H and O–H groups in total. The van der Waals surface area contributed by atoms with Crippen LogP contribution in [0, 0.1) is 5.41 Å². The Hall–Kier alpha value is -0.0800. The van der Waals surface area contributed by atoms with Crippen molar-refractivity contribution in [2.24, 2.45) is 5.41 Å². The Kier molecular flexibility index (Phi) is 7.29. The first kappa shape index (κ1) is 12.9. The minimum atomic E-state index is 0.318. The van der Waals surface area contributed by atoms with E-state index in [2.05, 4.69) is 26.1 Å². The van der Waals surface area contributed by atoms with E-state index in [4.69, 9.17) is 5.11 Å². The van der Waals surface area contributed by atoms with Gasteiger partial charge in [0, 0.05) is 13.2 Å². The molecule has 0 unspecified atom stereocenters. The van der Waals surface area contributed by atoms with Crippen LogP contribution in [-0.2, 0) is 0 Å². The van der Waals surface area contributed by atoms with E-state index >= 15 is 0 Å². The van der Waals surface area contributed by atoms with Crippen molar-refractivity contribution in [1.82, 2.24) is 5.32 Å². The second-order valence-corrected chi connectivity index (χ2v) is 4.52. The van der Waals surface area contributed by atoms with Gasteiger partial charge in [-0.1, -0.05) is 27.2 Å². The van der Waals surface area contributed by atoms with E-state index in [1.807, 2.05) is 0 Å². The molecule has 0 rings (SSSR count). The summed E-state index contributed by atoms with van der Waals surface area (Å²) in [6.45, 7) is 9.21. The zero-order valence-corrected chi connectivity index (χ0v) is 9.40. The number of hydrogen-bond acceptors (Lipinski definition) is 2.